The van der Waals surface area contributed by atoms with Crippen molar-refractivity contribution < 1.29 is 38.1 Å². The largest absolute Gasteiger partial charge is 0.462 e. The highest BCUT2D eigenvalue weighted by molar-refractivity contribution is 5.82. The molecule has 0 aliphatic rings. The number of hydrogen-bond donors (Lipinski definition) is 0. The molecule has 0 aliphatic heterocycles. The Morgan fingerprint density at radius 3 is 1.75 bits per heavy atom. The van der Waals surface area contributed by atoms with Gasteiger partial charge in [-0.2, -0.15) is 0 Å². The van der Waals surface area contributed by atoms with E-state index in [4.69, 9.17) is 9.47 Å². The summed E-state index contributed by atoms with van der Waals surface area (Å²) in [6.07, 6.45) is -2.26. The van der Waals surface area contributed by atoms with Crippen LogP contribution in [0, 0.1) is 0 Å². The van der Waals surface area contributed by atoms with Crippen LogP contribution in [0.25, 0.3) is 0 Å². The van der Waals surface area contributed by atoms with Crippen molar-refractivity contribution in [1.82, 2.24) is 0 Å². The molecule has 0 spiro atoms. The molecule has 2 unspecified atom stereocenters. The first-order valence-electron chi connectivity index (χ1n) is 5.91. The Bertz CT molecular complexity index is 376. The summed E-state index contributed by atoms with van der Waals surface area (Å²) in [7, 11) is 0. The lowest BCUT2D eigenvalue weighted by atomic mass is 10.3. The second-order valence-corrected chi connectivity index (χ2v) is 3.84. The first-order valence-corrected chi connectivity index (χ1v) is 5.91. The summed E-state index contributed by atoms with van der Waals surface area (Å²) in [5.41, 5.74) is 0. The Balaban J connectivity index is 4.03. The third-order valence-corrected chi connectivity index (χ3v) is 1.93. The number of carbonyl (C=O) groups is 4. The predicted molar refractivity (Wildman–Crippen MR) is 64.4 cm³/mol. The van der Waals surface area contributed by atoms with Crippen molar-refractivity contribution in [1.29, 1.82) is 0 Å². The summed E-state index contributed by atoms with van der Waals surface area (Å²) in [5.74, 6) is -2.77. The molecule has 0 heterocycles. The molecule has 0 fully saturated rings. The molecule has 0 aromatic carbocycles. The Kier molecular flexibility index (Phi) is 7.95. The van der Waals surface area contributed by atoms with Crippen LogP contribution in [-0.2, 0) is 38.1 Å². The maximum atomic E-state index is 11.4. The van der Waals surface area contributed by atoms with Gasteiger partial charge in [0.15, 0.2) is 12.2 Å². The fourth-order valence-electron chi connectivity index (χ4n) is 1.06. The van der Waals surface area contributed by atoms with E-state index < -0.39 is 36.1 Å². The van der Waals surface area contributed by atoms with E-state index in [2.05, 4.69) is 9.47 Å². The van der Waals surface area contributed by atoms with E-state index in [-0.39, 0.29) is 13.2 Å². The van der Waals surface area contributed by atoms with Crippen LogP contribution in [0.5, 0.6) is 0 Å². The molecular formula is C12H18O8. The summed E-state index contributed by atoms with van der Waals surface area (Å²) in [6, 6.07) is 0. The highest BCUT2D eigenvalue weighted by atomic mass is 16.6. The van der Waals surface area contributed by atoms with E-state index in [1.807, 2.05) is 0 Å². The quantitative estimate of drug-likeness (QED) is 0.366. The molecule has 2 atom stereocenters. The lowest BCUT2D eigenvalue weighted by Gasteiger charge is -2.15. The summed E-state index contributed by atoms with van der Waals surface area (Å²) >= 11 is 0. The molecule has 0 amide bonds. The van der Waals surface area contributed by atoms with Gasteiger partial charge in [-0.25, -0.2) is 9.59 Å². The van der Waals surface area contributed by atoms with Crippen molar-refractivity contribution in [3.05, 3.63) is 0 Å². The van der Waals surface area contributed by atoms with E-state index in [0.29, 0.717) is 0 Å². The van der Waals surface area contributed by atoms with E-state index in [1.165, 1.54) is 20.8 Å². The fraction of sp³-hybridized carbons (Fsp3) is 0.667. The Hall–Kier alpha value is -2.12. The van der Waals surface area contributed by atoms with Crippen LogP contribution in [0.15, 0.2) is 0 Å². The molecular weight excluding hydrogens is 272 g/mol. The van der Waals surface area contributed by atoms with E-state index >= 15 is 0 Å². The molecule has 0 saturated carbocycles. The minimum atomic E-state index is -1.15. The summed E-state index contributed by atoms with van der Waals surface area (Å²) in [5, 5.41) is 0. The van der Waals surface area contributed by atoms with Gasteiger partial charge in [-0.1, -0.05) is 0 Å². The van der Waals surface area contributed by atoms with Crippen molar-refractivity contribution in [3.63, 3.8) is 0 Å². The summed E-state index contributed by atoms with van der Waals surface area (Å²) in [4.78, 5) is 44.0. The smallest absolute Gasteiger partial charge is 0.347 e. The van der Waals surface area contributed by atoms with Gasteiger partial charge in [0.1, 0.15) is 13.2 Å². The second-order valence-electron chi connectivity index (χ2n) is 3.84. The Morgan fingerprint density at radius 1 is 0.750 bits per heavy atom. The van der Waals surface area contributed by atoms with E-state index in [9.17, 15) is 19.2 Å². The molecule has 8 nitrogen and oxygen atoms in total. The standard InChI is InChI=1S/C12H18O8/c1-7(11(15)18-6-5-17-9(3)13)20-12(16)8(2)19-10(4)14/h7-8H,5-6H2,1-4H3. The number of esters is 4. The molecule has 0 rings (SSSR count). The number of carbonyl (C=O) groups excluding carboxylic acids is 4. The SMILES string of the molecule is CC(=O)OCCOC(=O)C(C)OC(=O)C(C)OC(C)=O. The maximum absolute atomic E-state index is 11.4. The summed E-state index contributed by atoms with van der Waals surface area (Å²) in [6.45, 7) is 4.79. The lowest BCUT2D eigenvalue weighted by Crippen LogP contribution is -2.33. The number of ether oxygens (including phenoxy) is 4. The molecule has 0 radical (unpaired) electrons. The van der Waals surface area contributed by atoms with Gasteiger partial charge in [0.2, 0.25) is 0 Å². The Morgan fingerprint density at radius 2 is 1.25 bits per heavy atom. The predicted octanol–water partition coefficient (Wildman–Crippen LogP) is -0.0240. The molecule has 0 aromatic heterocycles. The number of hydrogen-bond acceptors (Lipinski definition) is 8. The van der Waals surface area contributed by atoms with Gasteiger partial charge in [-0.05, 0) is 13.8 Å². The molecule has 0 bridgehead atoms. The van der Waals surface area contributed by atoms with Crippen LogP contribution in [0.2, 0.25) is 0 Å². The average Bonchev–Trinajstić information content (AvgIpc) is 2.32. The van der Waals surface area contributed by atoms with Crippen LogP contribution in [0.1, 0.15) is 27.7 Å². The van der Waals surface area contributed by atoms with Crippen molar-refractivity contribution in [2.24, 2.45) is 0 Å². The second kappa shape index (κ2) is 8.89. The molecule has 0 aromatic rings. The third-order valence-electron chi connectivity index (χ3n) is 1.93. The van der Waals surface area contributed by atoms with Gasteiger partial charge in [-0.3, -0.25) is 9.59 Å². The summed E-state index contributed by atoms with van der Waals surface area (Å²) < 4.78 is 18.6. The van der Waals surface area contributed by atoms with E-state index in [1.54, 1.807) is 0 Å². The normalized spacial score (nSPS) is 12.8. The first kappa shape index (κ1) is 17.9. The van der Waals surface area contributed by atoms with Crippen LogP contribution in [0.4, 0.5) is 0 Å². The molecule has 0 saturated heterocycles. The minimum absolute atomic E-state index is 0.0778. The zero-order chi connectivity index (χ0) is 15.7. The zero-order valence-corrected chi connectivity index (χ0v) is 11.8. The lowest BCUT2D eigenvalue weighted by molar-refractivity contribution is -0.177. The van der Waals surface area contributed by atoms with Gasteiger partial charge in [0.25, 0.3) is 0 Å². The van der Waals surface area contributed by atoms with Crippen LogP contribution in [-0.4, -0.2) is 49.3 Å². The highest BCUT2D eigenvalue weighted by Gasteiger charge is 2.24. The molecule has 20 heavy (non-hydrogen) atoms. The van der Waals surface area contributed by atoms with Crippen molar-refractivity contribution in [2.75, 3.05) is 13.2 Å². The molecule has 0 N–H and O–H groups in total. The molecule has 114 valence electrons. The van der Waals surface area contributed by atoms with Crippen LogP contribution >= 0.6 is 0 Å². The highest BCUT2D eigenvalue weighted by Crippen LogP contribution is 2.01. The molecule has 0 aliphatic carbocycles. The fourth-order valence-corrected chi connectivity index (χ4v) is 1.06. The van der Waals surface area contributed by atoms with Gasteiger partial charge < -0.3 is 18.9 Å². The monoisotopic (exact) mass is 290 g/mol. The zero-order valence-electron chi connectivity index (χ0n) is 11.8. The number of rotatable bonds is 7. The van der Waals surface area contributed by atoms with Crippen molar-refractivity contribution in [3.8, 4) is 0 Å². The van der Waals surface area contributed by atoms with Gasteiger partial charge in [0.05, 0.1) is 0 Å². The van der Waals surface area contributed by atoms with Gasteiger partial charge in [0, 0.05) is 13.8 Å². The third kappa shape index (κ3) is 8.06. The van der Waals surface area contributed by atoms with Crippen molar-refractivity contribution in [2.45, 2.75) is 39.9 Å². The van der Waals surface area contributed by atoms with Gasteiger partial charge >= 0.3 is 23.9 Å². The van der Waals surface area contributed by atoms with Crippen LogP contribution < -0.4 is 0 Å². The first-order chi connectivity index (χ1) is 9.23. The van der Waals surface area contributed by atoms with Crippen molar-refractivity contribution >= 4 is 23.9 Å². The topological polar surface area (TPSA) is 105 Å². The van der Waals surface area contributed by atoms with E-state index in [0.717, 1.165) is 6.92 Å². The Labute approximate surface area is 116 Å². The maximum Gasteiger partial charge on any atom is 0.347 e. The average molecular weight is 290 g/mol. The van der Waals surface area contributed by atoms with Gasteiger partial charge in [-0.15, -0.1) is 0 Å². The molecule has 8 heteroatoms. The minimum Gasteiger partial charge on any atom is -0.462 e. The van der Waals surface area contributed by atoms with Crippen LogP contribution in [0.3, 0.4) is 0 Å².